The maximum atomic E-state index is 13.3. The van der Waals surface area contributed by atoms with Gasteiger partial charge in [-0.05, 0) is 31.0 Å². The van der Waals surface area contributed by atoms with Crippen molar-refractivity contribution in [2.45, 2.75) is 20.3 Å². The number of halogens is 1. The molecule has 1 heterocycles. The molecule has 0 saturated carbocycles. The third-order valence-electron chi connectivity index (χ3n) is 1.94. The monoisotopic (exact) mass is 195 g/mol. The Bertz CT molecular complexity index is 447. The van der Waals surface area contributed by atoms with Crippen LogP contribution in [0.2, 0.25) is 0 Å². The molecule has 2 aromatic rings. The van der Waals surface area contributed by atoms with Crippen molar-refractivity contribution in [3.05, 3.63) is 28.5 Å². The number of thiazole rings is 1. The van der Waals surface area contributed by atoms with Crippen LogP contribution in [0.5, 0.6) is 0 Å². The molecule has 68 valence electrons. The molecule has 0 bridgehead atoms. The molecule has 0 aliphatic carbocycles. The first-order valence-electron chi connectivity index (χ1n) is 4.26. The minimum atomic E-state index is -0.203. The van der Waals surface area contributed by atoms with Gasteiger partial charge in [-0.1, -0.05) is 6.92 Å². The summed E-state index contributed by atoms with van der Waals surface area (Å²) in [5.41, 5.74) is 1.48. The van der Waals surface area contributed by atoms with Crippen LogP contribution in [0.4, 0.5) is 4.39 Å². The first kappa shape index (κ1) is 8.63. The van der Waals surface area contributed by atoms with Gasteiger partial charge >= 0.3 is 0 Å². The Labute approximate surface area is 80.2 Å². The molecular formula is C10H10FNS. The summed E-state index contributed by atoms with van der Waals surface area (Å²) >= 11 is 1.57. The van der Waals surface area contributed by atoms with E-state index in [2.05, 4.69) is 4.98 Å². The van der Waals surface area contributed by atoms with E-state index in [1.165, 1.54) is 6.07 Å². The van der Waals surface area contributed by atoms with Crippen molar-refractivity contribution in [1.82, 2.24) is 4.98 Å². The Hall–Kier alpha value is -0.960. The van der Waals surface area contributed by atoms with Gasteiger partial charge in [0.1, 0.15) is 5.52 Å². The maximum absolute atomic E-state index is 13.3. The average molecular weight is 195 g/mol. The van der Waals surface area contributed by atoms with E-state index in [4.69, 9.17) is 0 Å². The molecule has 1 nitrogen and oxygen atoms in total. The summed E-state index contributed by atoms with van der Waals surface area (Å²) in [7, 11) is 0. The van der Waals surface area contributed by atoms with Gasteiger partial charge in [0.15, 0.2) is 5.82 Å². The predicted molar refractivity (Wildman–Crippen MR) is 53.7 cm³/mol. The summed E-state index contributed by atoms with van der Waals surface area (Å²) in [6.45, 7) is 3.93. The molecule has 1 aromatic carbocycles. The lowest BCUT2D eigenvalue weighted by molar-refractivity contribution is 0.636. The van der Waals surface area contributed by atoms with Gasteiger partial charge in [-0.15, -0.1) is 11.3 Å². The molecule has 1 aromatic heterocycles. The smallest absolute Gasteiger partial charge is 0.150 e. The molecule has 13 heavy (non-hydrogen) atoms. The molecule has 0 spiro atoms. The van der Waals surface area contributed by atoms with Gasteiger partial charge in [0.2, 0.25) is 0 Å². The second kappa shape index (κ2) is 3.07. The molecule has 0 fully saturated rings. The third-order valence-corrected chi connectivity index (χ3v) is 3.09. The second-order valence-electron chi connectivity index (χ2n) is 3.05. The third kappa shape index (κ3) is 1.44. The normalized spacial score (nSPS) is 11.0. The van der Waals surface area contributed by atoms with Crippen LogP contribution in [-0.4, -0.2) is 4.98 Å². The Balaban J connectivity index is 2.75. The number of aryl methyl sites for hydroxylation is 2. The molecule has 0 aliphatic heterocycles. The zero-order valence-electron chi connectivity index (χ0n) is 7.60. The summed E-state index contributed by atoms with van der Waals surface area (Å²) < 4.78 is 14.3. The SMILES string of the molecule is CCc1nc2c(F)cc(C)cc2s1. The van der Waals surface area contributed by atoms with Gasteiger partial charge in [-0.2, -0.15) is 0 Å². The van der Waals surface area contributed by atoms with E-state index in [0.717, 1.165) is 21.7 Å². The molecule has 0 atom stereocenters. The highest BCUT2D eigenvalue weighted by Crippen LogP contribution is 2.25. The van der Waals surface area contributed by atoms with Crippen molar-refractivity contribution >= 4 is 21.6 Å². The van der Waals surface area contributed by atoms with Crippen molar-refractivity contribution in [3.63, 3.8) is 0 Å². The fraction of sp³-hybridized carbons (Fsp3) is 0.300. The molecule has 0 saturated heterocycles. The fourth-order valence-corrected chi connectivity index (χ4v) is 2.33. The first-order valence-corrected chi connectivity index (χ1v) is 5.08. The number of fused-ring (bicyclic) bond motifs is 1. The van der Waals surface area contributed by atoms with Crippen LogP contribution in [0.3, 0.4) is 0 Å². The Kier molecular flexibility index (Phi) is 2.04. The van der Waals surface area contributed by atoms with E-state index in [0.29, 0.717) is 5.52 Å². The van der Waals surface area contributed by atoms with Gasteiger partial charge in [-0.25, -0.2) is 9.37 Å². The van der Waals surface area contributed by atoms with Gasteiger partial charge in [0, 0.05) is 0 Å². The van der Waals surface area contributed by atoms with E-state index in [1.807, 2.05) is 19.9 Å². The standard InChI is InChI=1S/C10H10FNS/c1-3-9-12-10-7(11)4-6(2)5-8(10)13-9/h4-5H,3H2,1-2H3. The zero-order valence-corrected chi connectivity index (χ0v) is 8.41. The minimum Gasteiger partial charge on any atom is -0.238 e. The topological polar surface area (TPSA) is 12.9 Å². The number of hydrogen-bond donors (Lipinski definition) is 0. The summed E-state index contributed by atoms with van der Waals surface area (Å²) in [4.78, 5) is 4.22. The molecule has 0 N–H and O–H groups in total. The highest BCUT2D eigenvalue weighted by molar-refractivity contribution is 7.18. The second-order valence-corrected chi connectivity index (χ2v) is 4.17. The molecule has 0 radical (unpaired) electrons. The lowest BCUT2D eigenvalue weighted by Gasteiger charge is -1.92. The van der Waals surface area contributed by atoms with Gasteiger partial charge < -0.3 is 0 Å². The minimum absolute atomic E-state index is 0.203. The predicted octanol–water partition coefficient (Wildman–Crippen LogP) is 3.31. The van der Waals surface area contributed by atoms with Crippen molar-refractivity contribution < 1.29 is 4.39 Å². The number of rotatable bonds is 1. The van der Waals surface area contributed by atoms with Crippen molar-refractivity contribution in [1.29, 1.82) is 0 Å². The van der Waals surface area contributed by atoms with E-state index < -0.39 is 0 Å². The average Bonchev–Trinajstić information content (AvgIpc) is 2.47. The first-order chi connectivity index (χ1) is 6.20. The summed E-state index contributed by atoms with van der Waals surface area (Å²) in [6.07, 6.45) is 0.873. The van der Waals surface area contributed by atoms with E-state index in [-0.39, 0.29) is 5.82 Å². The summed E-state index contributed by atoms with van der Waals surface area (Å²) in [6, 6.07) is 3.51. The van der Waals surface area contributed by atoms with Gasteiger partial charge in [0.25, 0.3) is 0 Å². The van der Waals surface area contributed by atoms with Crippen molar-refractivity contribution in [2.24, 2.45) is 0 Å². The fourth-order valence-electron chi connectivity index (χ4n) is 1.31. The van der Waals surface area contributed by atoms with Crippen molar-refractivity contribution in [3.8, 4) is 0 Å². The highest BCUT2D eigenvalue weighted by Gasteiger charge is 2.07. The molecule has 0 amide bonds. The number of nitrogens with zero attached hydrogens (tertiary/aromatic N) is 1. The number of hydrogen-bond acceptors (Lipinski definition) is 2. The van der Waals surface area contributed by atoms with Gasteiger partial charge in [0.05, 0.1) is 9.71 Å². The van der Waals surface area contributed by atoms with Crippen LogP contribution in [-0.2, 0) is 6.42 Å². The number of benzene rings is 1. The van der Waals surface area contributed by atoms with Crippen LogP contribution in [0, 0.1) is 12.7 Å². The van der Waals surface area contributed by atoms with E-state index >= 15 is 0 Å². The largest absolute Gasteiger partial charge is 0.238 e. The number of aromatic nitrogens is 1. The van der Waals surface area contributed by atoms with E-state index in [9.17, 15) is 4.39 Å². The Morgan fingerprint density at radius 2 is 2.23 bits per heavy atom. The van der Waals surface area contributed by atoms with Crippen LogP contribution in [0.25, 0.3) is 10.2 Å². The van der Waals surface area contributed by atoms with E-state index in [1.54, 1.807) is 11.3 Å². The molecule has 3 heteroatoms. The maximum Gasteiger partial charge on any atom is 0.150 e. The lowest BCUT2D eigenvalue weighted by atomic mass is 10.2. The molecule has 0 aliphatic rings. The van der Waals surface area contributed by atoms with Gasteiger partial charge in [-0.3, -0.25) is 0 Å². The Morgan fingerprint density at radius 3 is 2.92 bits per heavy atom. The zero-order chi connectivity index (χ0) is 9.42. The summed E-state index contributed by atoms with van der Waals surface area (Å²) in [5.74, 6) is -0.203. The van der Waals surface area contributed by atoms with Crippen LogP contribution in [0.15, 0.2) is 12.1 Å². The highest BCUT2D eigenvalue weighted by atomic mass is 32.1. The Morgan fingerprint density at radius 1 is 1.46 bits per heavy atom. The van der Waals surface area contributed by atoms with Crippen LogP contribution >= 0.6 is 11.3 Å². The summed E-state index contributed by atoms with van der Waals surface area (Å²) in [5, 5.41) is 1.000. The molecule has 0 unspecified atom stereocenters. The van der Waals surface area contributed by atoms with Crippen LogP contribution in [0.1, 0.15) is 17.5 Å². The van der Waals surface area contributed by atoms with Crippen LogP contribution < -0.4 is 0 Å². The van der Waals surface area contributed by atoms with Crippen molar-refractivity contribution in [2.75, 3.05) is 0 Å². The molecule has 2 rings (SSSR count). The quantitative estimate of drug-likeness (QED) is 0.680. The lowest BCUT2D eigenvalue weighted by Crippen LogP contribution is -1.81. The molecular weight excluding hydrogens is 185 g/mol.